The topological polar surface area (TPSA) is 70.6 Å². The number of carbonyl (C=O) groups excluding carboxylic acids is 1. The molecule has 1 aromatic rings. The second kappa shape index (κ2) is 10.2. The molecule has 130 valence electrons. The lowest BCUT2D eigenvalue weighted by molar-refractivity contribution is -0.119. The van der Waals surface area contributed by atoms with E-state index in [4.69, 9.17) is 4.74 Å². The van der Waals surface area contributed by atoms with Crippen molar-refractivity contribution in [2.75, 3.05) is 13.2 Å². The summed E-state index contributed by atoms with van der Waals surface area (Å²) in [5.41, 5.74) is 2.16. The van der Waals surface area contributed by atoms with Gasteiger partial charge in [-0.25, -0.2) is 0 Å². The molecule has 0 radical (unpaired) electrons. The number of hydrogen-bond donors (Lipinski definition) is 3. The van der Waals surface area contributed by atoms with Gasteiger partial charge in [0.05, 0.1) is 0 Å². The van der Waals surface area contributed by atoms with Gasteiger partial charge in [0.15, 0.2) is 0 Å². The van der Waals surface area contributed by atoms with E-state index in [0.29, 0.717) is 19.1 Å². The van der Waals surface area contributed by atoms with Crippen molar-refractivity contribution in [2.24, 2.45) is 0 Å². The molecule has 3 N–H and O–H groups in total. The number of hydrogen-bond acceptors (Lipinski definition) is 4. The van der Waals surface area contributed by atoms with Gasteiger partial charge in [-0.3, -0.25) is 4.79 Å². The highest BCUT2D eigenvalue weighted by Gasteiger charge is 2.09. The Bertz CT molecular complexity index is 489. The minimum Gasteiger partial charge on any atom is -0.491 e. The molecule has 0 heterocycles. The SMILES string of the molecule is CCCc1cc(CNC(C)=O)ccc1OCC(O)CNC(C)C. The fourth-order valence-corrected chi connectivity index (χ4v) is 2.19. The van der Waals surface area contributed by atoms with Crippen molar-refractivity contribution in [3.05, 3.63) is 29.3 Å². The largest absolute Gasteiger partial charge is 0.491 e. The Hall–Kier alpha value is -1.59. The molecule has 1 amide bonds. The summed E-state index contributed by atoms with van der Waals surface area (Å²) < 4.78 is 5.79. The molecule has 5 heteroatoms. The summed E-state index contributed by atoms with van der Waals surface area (Å²) in [4.78, 5) is 11.0. The zero-order valence-electron chi connectivity index (χ0n) is 14.7. The minimum absolute atomic E-state index is 0.0388. The highest BCUT2D eigenvalue weighted by atomic mass is 16.5. The van der Waals surface area contributed by atoms with Crippen molar-refractivity contribution in [1.29, 1.82) is 0 Å². The van der Waals surface area contributed by atoms with Crippen LogP contribution in [0.2, 0.25) is 0 Å². The Labute approximate surface area is 139 Å². The fraction of sp³-hybridized carbons (Fsp3) is 0.611. The van der Waals surface area contributed by atoms with Crippen LogP contribution in [0.4, 0.5) is 0 Å². The van der Waals surface area contributed by atoms with Crippen molar-refractivity contribution in [3.8, 4) is 5.75 Å². The summed E-state index contributed by atoms with van der Waals surface area (Å²) in [6.07, 6.45) is 1.38. The first kappa shape index (κ1) is 19.5. The van der Waals surface area contributed by atoms with Gasteiger partial charge in [-0.1, -0.05) is 39.3 Å². The summed E-state index contributed by atoms with van der Waals surface area (Å²) >= 11 is 0. The average Bonchev–Trinajstić information content (AvgIpc) is 2.50. The van der Waals surface area contributed by atoms with Crippen molar-refractivity contribution in [2.45, 2.75) is 59.2 Å². The van der Waals surface area contributed by atoms with E-state index in [9.17, 15) is 9.90 Å². The number of nitrogens with one attached hydrogen (secondary N) is 2. The van der Waals surface area contributed by atoms with Crippen molar-refractivity contribution >= 4 is 5.91 Å². The van der Waals surface area contributed by atoms with E-state index in [2.05, 4.69) is 23.6 Å². The summed E-state index contributed by atoms with van der Waals surface area (Å²) in [6.45, 7) is 9.01. The second-order valence-corrected chi connectivity index (χ2v) is 6.13. The standard InChI is InChI=1S/C18H30N2O3/c1-5-6-16-9-15(10-20-14(4)21)7-8-18(16)23-12-17(22)11-19-13(2)3/h7-9,13,17,19,22H,5-6,10-12H2,1-4H3,(H,20,21). The molecule has 23 heavy (non-hydrogen) atoms. The maximum Gasteiger partial charge on any atom is 0.217 e. The monoisotopic (exact) mass is 322 g/mol. The molecule has 0 spiro atoms. The summed E-state index contributed by atoms with van der Waals surface area (Å²) in [7, 11) is 0. The highest BCUT2D eigenvalue weighted by Crippen LogP contribution is 2.22. The molecule has 0 saturated heterocycles. The van der Waals surface area contributed by atoms with Crippen LogP contribution >= 0.6 is 0 Å². The highest BCUT2D eigenvalue weighted by molar-refractivity contribution is 5.72. The zero-order chi connectivity index (χ0) is 17.2. The molecule has 1 atom stereocenters. The Kier molecular flexibility index (Phi) is 8.66. The first-order valence-corrected chi connectivity index (χ1v) is 8.32. The molecular formula is C18H30N2O3. The average molecular weight is 322 g/mol. The molecule has 0 aliphatic rings. The number of benzene rings is 1. The lowest BCUT2D eigenvalue weighted by Crippen LogP contribution is -2.35. The summed E-state index contributed by atoms with van der Waals surface area (Å²) in [5, 5.41) is 15.9. The van der Waals surface area contributed by atoms with E-state index in [1.807, 2.05) is 26.0 Å². The molecule has 1 rings (SSSR count). The van der Waals surface area contributed by atoms with Crippen LogP contribution < -0.4 is 15.4 Å². The van der Waals surface area contributed by atoms with Crippen LogP contribution in [0.15, 0.2) is 18.2 Å². The molecule has 1 aromatic carbocycles. The maximum atomic E-state index is 11.0. The summed E-state index contributed by atoms with van der Waals surface area (Å²) in [6, 6.07) is 6.27. The number of carbonyl (C=O) groups is 1. The van der Waals surface area contributed by atoms with Crippen LogP contribution in [0.5, 0.6) is 5.75 Å². The maximum absolute atomic E-state index is 11.0. The van der Waals surface area contributed by atoms with Crippen LogP contribution in [-0.4, -0.2) is 36.3 Å². The lowest BCUT2D eigenvalue weighted by Gasteiger charge is -2.17. The number of aryl methyl sites for hydroxylation is 1. The normalized spacial score (nSPS) is 12.3. The van der Waals surface area contributed by atoms with E-state index in [1.54, 1.807) is 0 Å². The number of rotatable bonds is 10. The quantitative estimate of drug-likeness (QED) is 0.616. The number of ether oxygens (including phenoxy) is 1. The second-order valence-electron chi connectivity index (χ2n) is 6.13. The molecule has 0 fully saturated rings. The molecule has 0 aliphatic heterocycles. The number of aliphatic hydroxyl groups excluding tert-OH is 1. The van der Waals surface area contributed by atoms with Crippen molar-refractivity contribution in [1.82, 2.24) is 10.6 Å². The van der Waals surface area contributed by atoms with Gasteiger partial charge in [-0.15, -0.1) is 0 Å². The predicted molar refractivity (Wildman–Crippen MR) is 92.6 cm³/mol. The van der Waals surface area contributed by atoms with E-state index < -0.39 is 6.10 Å². The Morgan fingerprint density at radius 1 is 1.35 bits per heavy atom. The third-order valence-corrected chi connectivity index (χ3v) is 3.38. The molecule has 0 aromatic heterocycles. The van der Waals surface area contributed by atoms with Gasteiger partial charge in [-0.05, 0) is 23.6 Å². The zero-order valence-corrected chi connectivity index (χ0v) is 14.7. The Balaban J connectivity index is 2.64. The van der Waals surface area contributed by atoms with Gasteiger partial charge < -0.3 is 20.5 Å². The van der Waals surface area contributed by atoms with Crippen molar-refractivity contribution < 1.29 is 14.6 Å². The van der Waals surface area contributed by atoms with E-state index in [1.165, 1.54) is 6.92 Å². The predicted octanol–water partition coefficient (Wildman–Crippen LogP) is 2.01. The third kappa shape index (κ3) is 8.00. The fourth-order valence-electron chi connectivity index (χ4n) is 2.19. The van der Waals surface area contributed by atoms with E-state index in [-0.39, 0.29) is 12.5 Å². The molecule has 0 saturated carbocycles. The Morgan fingerprint density at radius 2 is 2.09 bits per heavy atom. The third-order valence-electron chi connectivity index (χ3n) is 3.38. The molecule has 0 aliphatic carbocycles. The molecule has 1 unspecified atom stereocenters. The molecule has 0 bridgehead atoms. The van der Waals surface area contributed by atoms with Gasteiger partial charge >= 0.3 is 0 Å². The van der Waals surface area contributed by atoms with Gasteiger partial charge in [0.1, 0.15) is 18.5 Å². The van der Waals surface area contributed by atoms with E-state index in [0.717, 1.165) is 29.7 Å². The van der Waals surface area contributed by atoms with Gasteiger partial charge in [0.25, 0.3) is 0 Å². The van der Waals surface area contributed by atoms with Gasteiger partial charge in [0.2, 0.25) is 5.91 Å². The van der Waals surface area contributed by atoms with Crippen LogP contribution in [0, 0.1) is 0 Å². The van der Waals surface area contributed by atoms with E-state index >= 15 is 0 Å². The van der Waals surface area contributed by atoms with Gasteiger partial charge in [-0.2, -0.15) is 0 Å². The first-order chi connectivity index (χ1) is 10.9. The van der Waals surface area contributed by atoms with Gasteiger partial charge in [0, 0.05) is 26.1 Å². The van der Waals surface area contributed by atoms with Crippen LogP contribution in [0.25, 0.3) is 0 Å². The summed E-state index contributed by atoms with van der Waals surface area (Å²) in [5.74, 6) is 0.769. The molecule has 5 nitrogen and oxygen atoms in total. The van der Waals surface area contributed by atoms with Crippen molar-refractivity contribution in [3.63, 3.8) is 0 Å². The first-order valence-electron chi connectivity index (χ1n) is 8.32. The van der Waals surface area contributed by atoms with Crippen LogP contribution in [0.3, 0.4) is 0 Å². The minimum atomic E-state index is -0.536. The number of aliphatic hydroxyl groups is 1. The van der Waals surface area contributed by atoms with Crippen LogP contribution in [-0.2, 0) is 17.8 Å². The lowest BCUT2D eigenvalue weighted by atomic mass is 10.1. The van der Waals surface area contributed by atoms with Crippen LogP contribution in [0.1, 0.15) is 45.2 Å². The molecular weight excluding hydrogens is 292 g/mol. The number of amides is 1. The Morgan fingerprint density at radius 3 is 2.70 bits per heavy atom. The smallest absolute Gasteiger partial charge is 0.217 e.